The molecule has 2 aromatic carbocycles. The van der Waals surface area contributed by atoms with Crippen molar-refractivity contribution >= 4 is 39.9 Å². The number of aryl methyl sites for hydroxylation is 2. The highest BCUT2D eigenvalue weighted by atomic mass is 32.1. The molecule has 1 saturated heterocycles. The van der Waals surface area contributed by atoms with E-state index in [2.05, 4.69) is 66.0 Å². The van der Waals surface area contributed by atoms with E-state index in [-0.39, 0.29) is 30.6 Å². The van der Waals surface area contributed by atoms with Gasteiger partial charge in [-0.25, -0.2) is 4.98 Å². The number of amides is 3. The van der Waals surface area contributed by atoms with E-state index in [1.54, 1.807) is 24.3 Å². The number of nitrogens with one attached hydrogen (secondary N) is 1. The molecule has 0 atom stereocenters. The van der Waals surface area contributed by atoms with E-state index < -0.39 is 0 Å². The van der Waals surface area contributed by atoms with Gasteiger partial charge in [0.25, 0.3) is 5.91 Å². The van der Waals surface area contributed by atoms with E-state index in [9.17, 15) is 14.4 Å². The normalized spacial score (nSPS) is 13.5. The van der Waals surface area contributed by atoms with Gasteiger partial charge in [-0.3, -0.25) is 24.6 Å². The second-order valence-electron chi connectivity index (χ2n) is 8.62. The Kier molecular flexibility index (Phi) is 5.82. The van der Waals surface area contributed by atoms with Crippen LogP contribution in [0.15, 0.2) is 60.0 Å². The van der Waals surface area contributed by atoms with Gasteiger partial charge in [0.2, 0.25) is 11.8 Å². The lowest BCUT2D eigenvalue weighted by Gasteiger charge is -2.14. The first-order valence-electron chi connectivity index (χ1n) is 11.3. The Morgan fingerprint density at radius 3 is 2.37 bits per heavy atom. The number of benzene rings is 2. The van der Waals surface area contributed by atoms with Gasteiger partial charge in [0, 0.05) is 46.4 Å². The summed E-state index contributed by atoms with van der Waals surface area (Å²) in [5.74, 6) is -0.849. The van der Waals surface area contributed by atoms with Crippen molar-refractivity contribution in [3.8, 4) is 16.9 Å². The van der Waals surface area contributed by atoms with Crippen molar-refractivity contribution in [3.63, 3.8) is 0 Å². The first-order valence-corrected chi connectivity index (χ1v) is 12.2. The van der Waals surface area contributed by atoms with Crippen LogP contribution in [-0.4, -0.2) is 27.3 Å². The minimum absolute atomic E-state index is 0.196. The highest BCUT2D eigenvalue weighted by Gasteiger charge is 2.30. The average molecular weight is 485 g/mol. The van der Waals surface area contributed by atoms with E-state index in [1.165, 1.54) is 16.9 Å². The largest absolute Gasteiger partial charge is 0.318 e. The predicted molar refractivity (Wildman–Crippen MR) is 137 cm³/mol. The van der Waals surface area contributed by atoms with Crippen molar-refractivity contribution < 1.29 is 14.4 Å². The molecule has 1 N–H and O–H groups in total. The molecule has 0 bridgehead atoms. The molecule has 0 radical (unpaired) electrons. The van der Waals surface area contributed by atoms with Gasteiger partial charge in [-0.2, -0.15) is 0 Å². The zero-order chi connectivity index (χ0) is 24.7. The van der Waals surface area contributed by atoms with Crippen LogP contribution in [0.3, 0.4) is 0 Å². The summed E-state index contributed by atoms with van der Waals surface area (Å²) in [4.78, 5) is 42.8. The third-order valence-electron chi connectivity index (χ3n) is 6.14. The van der Waals surface area contributed by atoms with Crippen LogP contribution in [-0.2, 0) is 9.59 Å². The summed E-state index contributed by atoms with van der Waals surface area (Å²) in [5, 5.41) is 5.24. The fourth-order valence-electron chi connectivity index (χ4n) is 4.39. The average Bonchev–Trinajstić information content (AvgIpc) is 3.52. The fourth-order valence-corrected chi connectivity index (χ4v) is 5.09. The zero-order valence-corrected chi connectivity index (χ0v) is 20.5. The van der Waals surface area contributed by atoms with Gasteiger partial charge in [-0.1, -0.05) is 23.8 Å². The van der Waals surface area contributed by atoms with Crippen LogP contribution in [0.4, 0.5) is 10.8 Å². The highest BCUT2D eigenvalue weighted by Crippen LogP contribution is 2.32. The molecule has 3 heterocycles. The van der Waals surface area contributed by atoms with Crippen LogP contribution < -0.4 is 10.2 Å². The molecule has 0 spiro atoms. The van der Waals surface area contributed by atoms with Gasteiger partial charge in [-0.15, -0.1) is 11.3 Å². The third kappa shape index (κ3) is 4.28. The molecule has 2 aromatic heterocycles. The minimum atomic E-state index is -0.350. The number of hydrogen-bond donors (Lipinski definition) is 1. The summed E-state index contributed by atoms with van der Waals surface area (Å²) in [6.07, 6.45) is 0.392. The van der Waals surface area contributed by atoms with Crippen LogP contribution in [0, 0.1) is 20.8 Å². The monoisotopic (exact) mass is 484 g/mol. The lowest BCUT2D eigenvalue weighted by Crippen LogP contribution is -2.28. The number of carbonyl (C=O) groups excluding carboxylic acids is 3. The fraction of sp³-hybridized carbons (Fsp3) is 0.185. The summed E-state index contributed by atoms with van der Waals surface area (Å²) < 4.78 is 2.19. The van der Waals surface area contributed by atoms with Crippen molar-refractivity contribution in [1.29, 1.82) is 0 Å². The SMILES string of the molecule is Cc1ccc(-n2c(C)cc(-c3csc(NC(=O)c4cccc(N5C(=O)CCC5=O)c4)n3)c2C)cc1. The van der Waals surface area contributed by atoms with Crippen LogP contribution in [0.1, 0.15) is 40.2 Å². The second-order valence-corrected chi connectivity index (χ2v) is 9.48. The molecule has 0 unspecified atom stereocenters. The Bertz CT molecular complexity index is 1450. The van der Waals surface area contributed by atoms with Gasteiger partial charge < -0.3 is 4.57 Å². The van der Waals surface area contributed by atoms with Gasteiger partial charge in [0.05, 0.1) is 11.4 Å². The summed E-state index contributed by atoms with van der Waals surface area (Å²) in [6.45, 7) is 6.19. The van der Waals surface area contributed by atoms with E-state index >= 15 is 0 Å². The molecule has 35 heavy (non-hydrogen) atoms. The zero-order valence-electron chi connectivity index (χ0n) is 19.7. The number of nitrogens with zero attached hydrogens (tertiary/aromatic N) is 3. The molecule has 1 fully saturated rings. The Balaban J connectivity index is 1.37. The van der Waals surface area contributed by atoms with Gasteiger partial charge >= 0.3 is 0 Å². The molecule has 8 heteroatoms. The molecule has 1 aliphatic rings. The summed E-state index contributed by atoms with van der Waals surface area (Å²) in [7, 11) is 0. The standard InChI is InChI=1S/C27H24N4O3S/c1-16-7-9-20(10-8-16)30-17(2)13-22(18(30)3)23-15-35-27(28-23)29-26(34)19-5-4-6-21(14-19)31-24(32)11-12-25(31)33/h4-10,13-15H,11-12H2,1-3H3,(H,28,29,34). The maximum Gasteiger partial charge on any atom is 0.257 e. The maximum absolute atomic E-state index is 12.9. The van der Waals surface area contributed by atoms with Crippen LogP contribution in [0.25, 0.3) is 16.9 Å². The smallest absolute Gasteiger partial charge is 0.257 e. The minimum Gasteiger partial charge on any atom is -0.318 e. The number of rotatable bonds is 5. The predicted octanol–water partition coefficient (Wildman–Crippen LogP) is 5.43. The molecule has 3 amide bonds. The quantitative estimate of drug-likeness (QED) is 0.383. The number of imide groups is 1. The summed E-state index contributed by atoms with van der Waals surface area (Å²) in [6, 6.07) is 17.0. The van der Waals surface area contributed by atoms with Gasteiger partial charge in [0.15, 0.2) is 5.13 Å². The van der Waals surface area contributed by atoms with Crippen LogP contribution in [0.2, 0.25) is 0 Å². The van der Waals surface area contributed by atoms with E-state index in [4.69, 9.17) is 0 Å². The maximum atomic E-state index is 12.9. The molecular formula is C27H24N4O3S. The van der Waals surface area contributed by atoms with Crippen molar-refractivity contribution in [2.45, 2.75) is 33.6 Å². The van der Waals surface area contributed by atoms with Gasteiger partial charge in [-0.05, 0) is 57.2 Å². The van der Waals surface area contributed by atoms with Crippen molar-refractivity contribution in [3.05, 3.63) is 82.5 Å². The Morgan fingerprint density at radius 2 is 1.66 bits per heavy atom. The Labute approximate surface area is 207 Å². The third-order valence-corrected chi connectivity index (χ3v) is 6.90. The van der Waals surface area contributed by atoms with Crippen molar-refractivity contribution in [1.82, 2.24) is 9.55 Å². The van der Waals surface area contributed by atoms with Gasteiger partial charge in [0.1, 0.15) is 0 Å². The number of hydrogen-bond acceptors (Lipinski definition) is 5. The number of carbonyl (C=O) groups is 3. The molecule has 0 aliphatic carbocycles. The number of thiazole rings is 1. The first kappa shape index (κ1) is 22.7. The molecule has 176 valence electrons. The molecule has 7 nitrogen and oxygen atoms in total. The topological polar surface area (TPSA) is 84.3 Å². The number of aromatic nitrogens is 2. The molecule has 4 aromatic rings. The molecule has 5 rings (SSSR count). The molecular weight excluding hydrogens is 460 g/mol. The highest BCUT2D eigenvalue weighted by molar-refractivity contribution is 7.14. The Hall–Kier alpha value is -4.04. The van der Waals surface area contributed by atoms with Crippen LogP contribution in [0.5, 0.6) is 0 Å². The Morgan fingerprint density at radius 1 is 0.943 bits per heavy atom. The lowest BCUT2D eigenvalue weighted by molar-refractivity contribution is -0.121. The van der Waals surface area contributed by atoms with Crippen molar-refractivity contribution in [2.24, 2.45) is 0 Å². The molecule has 0 saturated carbocycles. The summed E-state index contributed by atoms with van der Waals surface area (Å²) in [5.41, 5.74) is 7.03. The van der Waals surface area contributed by atoms with E-state index in [1.807, 2.05) is 5.38 Å². The van der Waals surface area contributed by atoms with Crippen molar-refractivity contribution in [2.75, 3.05) is 10.2 Å². The molecule has 1 aliphatic heterocycles. The van der Waals surface area contributed by atoms with Crippen LogP contribution >= 0.6 is 11.3 Å². The second kappa shape index (κ2) is 8.96. The van der Waals surface area contributed by atoms with E-state index in [0.717, 1.165) is 33.2 Å². The number of anilines is 2. The summed E-state index contributed by atoms with van der Waals surface area (Å²) >= 11 is 1.35. The lowest BCUT2D eigenvalue weighted by atomic mass is 10.1. The first-order chi connectivity index (χ1) is 16.8. The van der Waals surface area contributed by atoms with E-state index in [0.29, 0.717) is 16.4 Å².